The smallest absolute Gasteiger partial charge is 0.337 e. The van der Waals surface area contributed by atoms with Gasteiger partial charge in [0.2, 0.25) is 0 Å². The molecule has 0 heterocycles. The van der Waals surface area contributed by atoms with E-state index in [1.807, 2.05) is 48.5 Å². The summed E-state index contributed by atoms with van der Waals surface area (Å²) in [4.78, 5) is 11.1. The number of carboxylic acids is 1. The molecule has 142 valence electrons. The highest BCUT2D eigenvalue weighted by atomic mass is 35.5. The van der Waals surface area contributed by atoms with Crippen LogP contribution in [-0.4, -0.2) is 17.3 Å². The van der Waals surface area contributed by atoms with Crippen molar-refractivity contribution in [2.75, 3.05) is 5.43 Å². The number of carboxylic acid groups (broad SMARTS) is 1. The third-order valence-electron chi connectivity index (χ3n) is 3.82. The molecule has 0 aliphatic carbocycles. The number of aromatic carboxylic acids is 1. The number of rotatable bonds is 7. The summed E-state index contributed by atoms with van der Waals surface area (Å²) in [5, 5.41) is 14.1. The van der Waals surface area contributed by atoms with E-state index in [1.165, 1.54) is 12.1 Å². The first-order valence-corrected chi connectivity index (χ1v) is 9.07. The Morgan fingerprint density at radius 1 is 1.07 bits per heavy atom. The number of carbonyl (C=O) groups is 1. The Hall–Kier alpha value is -3.02. The molecule has 0 bridgehead atoms. The predicted octanol–water partition coefficient (Wildman–Crippen LogP) is 5.72. The number of anilines is 1. The van der Waals surface area contributed by atoms with Gasteiger partial charge in [0.25, 0.3) is 0 Å². The summed E-state index contributed by atoms with van der Waals surface area (Å²) in [6.45, 7) is 0.397. The van der Waals surface area contributed by atoms with Gasteiger partial charge in [-0.2, -0.15) is 5.10 Å². The number of nitrogens with one attached hydrogen (secondary N) is 1. The molecule has 3 aromatic rings. The monoisotopic (exact) mass is 414 g/mol. The summed E-state index contributed by atoms with van der Waals surface area (Å²) in [5.41, 5.74) is 5.09. The number of ether oxygens (including phenoxy) is 1. The van der Waals surface area contributed by atoms with Crippen LogP contribution in [0, 0.1) is 0 Å². The van der Waals surface area contributed by atoms with Crippen molar-refractivity contribution in [3.8, 4) is 5.75 Å². The van der Waals surface area contributed by atoms with Crippen LogP contribution in [0.1, 0.15) is 21.5 Å². The van der Waals surface area contributed by atoms with Crippen molar-refractivity contribution in [2.45, 2.75) is 6.61 Å². The molecule has 28 heavy (non-hydrogen) atoms. The van der Waals surface area contributed by atoms with Crippen molar-refractivity contribution < 1.29 is 14.6 Å². The van der Waals surface area contributed by atoms with Crippen molar-refractivity contribution >= 4 is 41.1 Å². The molecular weight excluding hydrogens is 399 g/mol. The van der Waals surface area contributed by atoms with E-state index in [0.29, 0.717) is 23.1 Å². The standard InChI is InChI=1S/C21H16Cl2N2O3/c22-16-7-5-14(6-8-16)13-28-20-4-2-1-3-15(20)12-24-25-17-9-10-19(23)18(11-17)21(26)27/h1-12,25H,13H2,(H,26,27)/b24-12+. The molecule has 5 nitrogen and oxygen atoms in total. The molecule has 3 aromatic carbocycles. The van der Waals surface area contributed by atoms with Gasteiger partial charge in [-0.3, -0.25) is 5.43 Å². The Labute approximate surface area is 172 Å². The van der Waals surface area contributed by atoms with Crippen LogP contribution in [-0.2, 0) is 6.61 Å². The van der Waals surface area contributed by atoms with Gasteiger partial charge in [-0.15, -0.1) is 0 Å². The maximum atomic E-state index is 11.1. The number of hydrogen-bond acceptors (Lipinski definition) is 4. The maximum absolute atomic E-state index is 11.1. The molecule has 0 unspecified atom stereocenters. The fourth-order valence-corrected chi connectivity index (χ4v) is 2.72. The third-order valence-corrected chi connectivity index (χ3v) is 4.40. The van der Waals surface area contributed by atoms with Crippen molar-refractivity contribution in [1.82, 2.24) is 0 Å². The van der Waals surface area contributed by atoms with Crippen LogP contribution < -0.4 is 10.2 Å². The van der Waals surface area contributed by atoms with E-state index in [2.05, 4.69) is 10.5 Å². The molecule has 0 fully saturated rings. The van der Waals surface area contributed by atoms with Gasteiger partial charge in [0, 0.05) is 10.6 Å². The number of benzene rings is 3. The molecule has 0 saturated carbocycles. The van der Waals surface area contributed by atoms with Gasteiger partial charge in [-0.1, -0.05) is 47.5 Å². The van der Waals surface area contributed by atoms with Crippen LogP contribution in [0.3, 0.4) is 0 Å². The van der Waals surface area contributed by atoms with E-state index in [9.17, 15) is 4.79 Å². The highest BCUT2D eigenvalue weighted by molar-refractivity contribution is 6.33. The van der Waals surface area contributed by atoms with Gasteiger partial charge < -0.3 is 9.84 Å². The zero-order chi connectivity index (χ0) is 19.9. The summed E-state index contributed by atoms with van der Waals surface area (Å²) in [6.07, 6.45) is 1.60. The Bertz CT molecular complexity index is 1000. The van der Waals surface area contributed by atoms with Crippen molar-refractivity contribution in [3.63, 3.8) is 0 Å². The highest BCUT2D eigenvalue weighted by Crippen LogP contribution is 2.21. The van der Waals surface area contributed by atoms with Gasteiger partial charge in [0.05, 0.1) is 22.5 Å². The van der Waals surface area contributed by atoms with E-state index in [-0.39, 0.29) is 10.6 Å². The van der Waals surface area contributed by atoms with Crippen LogP contribution in [0.25, 0.3) is 0 Å². The molecule has 0 atom stereocenters. The lowest BCUT2D eigenvalue weighted by molar-refractivity contribution is 0.0697. The largest absolute Gasteiger partial charge is 0.488 e. The molecule has 0 saturated heterocycles. The Morgan fingerprint density at radius 2 is 1.82 bits per heavy atom. The average molecular weight is 415 g/mol. The zero-order valence-corrected chi connectivity index (χ0v) is 16.1. The fourth-order valence-electron chi connectivity index (χ4n) is 2.40. The lowest BCUT2D eigenvalue weighted by atomic mass is 10.2. The minimum absolute atomic E-state index is 0.00793. The Morgan fingerprint density at radius 3 is 2.57 bits per heavy atom. The quantitative estimate of drug-likeness (QED) is 0.383. The van der Waals surface area contributed by atoms with Crippen LogP contribution >= 0.6 is 23.2 Å². The molecular formula is C21H16Cl2N2O3. The van der Waals surface area contributed by atoms with Gasteiger partial charge >= 0.3 is 5.97 Å². The number of para-hydroxylation sites is 1. The lowest BCUT2D eigenvalue weighted by Gasteiger charge is -2.09. The molecule has 0 spiro atoms. The third kappa shape index (κ3) is 5.25. The van der Waals surface area contributed by atoms with E-state index < -0.39 is 5.97 Å². The van der Waals surface area contributed by atoms with Crippen LogP contribution in [0.2, 0.25) is 10.0 Å². The maximum Gasteiger partial charge on any atom is 0.337 e. The first kappa shape index (κ1) is 19.7. The predicted molar refractivity (Wildman–Crippen MR) is 112 cm³/mol. The summed E-state index contributed by atoms with van der Waals surface area (Å²) >= 11 is 11.8. The van der Waals surface area contributed by atoms with Crippen LogP contribution in [0.4, 0.5) is 5.69 Å². The second kappa shape index (κ2) is 9.26. The summed E-state index contributed by atoms with van der Waals surface area (Å²) in [5.74, 6) is -0.427. The van der Waals surface area contributed by atoms with Gasteiger partial charge in [0.15, 0.2) is 0 Å². The number of nitrogens with zero attached hydrogens (tertiary/aromatic N) is 1. The molecule has 0 aromatic heterocycles. The lowest BCUT2D eigenvalue weighted by Crippen LogP contribution is -2.00. The first-order chi connectivity index (χ1) is 13.5. The molecule has 0 amide bonds. The van der Waals surface area contributed by atoms with E-state index >= 15 is 0 Å². The second-order valence-electron chi connectivity index (χ2n) is 5.82. The first-order valence-electron chi connectivity index (χ1n) is 8.31. The van der Waals surface area contributed by atoms with E-state index in [1.54, 1.807) is 12.3 Å². The van der Waals surface area contributed by atoms with Crippen LogP contribution in [0.5, 0.6) is 5.75 Å². The number of hydrogen-bond donors (Lipinski definition) is 2. The molecule has 0 aliphatic heterocycles. The fraction of sp³-hybridized carbons (Fsp3) is 0.0476. The van der Waals surface area contributed by atoms with Crippen molar-refractivity contribution in [3.05, 3.63) is 93.5 Å². The zero-order valence-electron chi connectivity index (χ0n) is 14.6. The molecule has 7 heteroatoms. The number of halogens is 2. The van der Waals surface area contributed by atoms with E-state index in [4.69, 9.17) is 33.0 Å². The van der Waals surface area contributed by atoms with Crippen molar-refractivity contribution in [1.29, 1.82) is 0 Å². The van der Waals surface area contributed by atoms with Gasteiger partial charge in [-0.05, 0) is 48.0 Å². The highest BCUT2D eigenvalue weighted by Gasteiger charge is 2.09. The molecule has 0 aliphatic rings. The van der Waals surface area contributed by atoms with Gasteiger partial charge in [-0.25, -0.2) is 4.79 Å². The van der Waals surface area contributed by atoms with E-state index in [0.717, 1.165) is 11.1 Å². The SMILES string of the molecule is O=C(O)c1cc(N/N=C/c2ccccc2OCc2ccc(Cl)cc2)ccc1Cl. The Balaban J connectivity index is 1.68. The Kier molecular flexibility index (Phi) is 6.53. The summed E-state index contributed by atoms with van der Waals surface area (Å²) in [6, 6.07) is 19.5. The van der Waals surface area contributed by atoms with Crippen molar-refractivity contribution in [2.24, 2.45) is 5.10 Å². The molecule has 0 radical (unpaired) electrons. The van der Waals surface area contributed by atoms with Gasteiger partial charge in [0.1, 0.15) is 12.4 Å². The minimum Gasteiger partial charge on any atom is -0.488 e. The average Bonchev–Trinajstić information content (AvgIpc) is 2.69. The second-order valence-corrected chi connectivity index (χ2v) is 6.67. The summed E-state index contributed by atoms with van der Waals surface area (Å²) < 4.78 is 5.87. The summed E-state index contributed by atoms with van der Waals surface area (Å²) in [7, 11) is 0. The normalized spacial score (nSPS) is 10.8. The topological polar surface area (TPSA) is 70.9 Å². The molecule has 2 N–H and O–H groups in total. The molecule has 3 rings (SSSR count). The minimum atomic E-state index is -1.10. The van der Waals surface area contributed by atoms with Crippen LogP contribution in [0.15, 0.2) is 71.8 Å². The number of hydrazone groups is 1.